The molecule has 0 aliphatic carbocycles. The molecule has 10 heteroatoms. The lowest BCUT2D eigenvalue weighted by Crippen LogP contribution is -2.31. The molecule has 180 valence electrons. The zero-order valence-corrected chi connectivity index (χ0v) is 19.5. The number of nitro groups is 1. The number of para-hydroxylation sites is 2. The number of anilines is 2. The molecule has 1 aliphatic rings. The maximum Gasteiger partial charge on any atom is 0.269 e. The number of ether oxygens (including phenoxy) is 1. The van der Waals surface area contributed by atoms with Gasteiger partial charge in [-0.2, -0.15) is 4.98 Å². The van der Waals surface area contributed by atoms with E-state index >= 15 is 0 Å². The number of nitro benzene ring substituents is 1. The van der Waals surface area contributed by atoms with Crippen molar-refractivity contribution in [2.24, 2.45) is 0 Å². The number of nitrogens with one attached hydrogen (secondary N) is 2. The maximum atomic E-state index is 13.5. The fourth-order valence-electron chi connectivity index (χ4n) is 4.20. The van der Waals surface area contributed by atoms with Crippen LogP contribution in [0.3, 0.4) is 0 Å². The third-order valence-corrected chi connectivity index (χ3v) is 5.90. The molecular formula is C26H22N6O4. The van der Waals surface area contributed by atoms with Gasteiger partial charge in [-0.1, -0.05) is 30.3 Å². The molecule has 5 rings (SSSR count). The highest BCUT2D eigenvalue weighted by Gasteiger charge is 2.35. The monoisotopic (exact) mass is 482 g/mol. The SMILES string of the molecule is COc1ccccc1-c1nc2n(n1)C(c1ccc([N+](=O)[O-])cc1)C(C(=O)Nc1ccccc1)=C(C)N2. The van der Waals surface area contributed by atoms with E-state index < -0.39 is 11.0 Å². The lowest BCUT2D eigenvalue weighted by atomic mass is 9.95. The number of carbonyl (C=O) groups excluding carboxylic acids is 1. The van der Waals surface area contributed by atoms with Crippen LogP contribution in [0.1, 0.15) is 18.5 Å². The zero-order valence-electron chi connectivity index (χ0n) is 19.5. The Labute approximate surface area is 206 Å². The predicted octanol–water partition coefficient (Wildman–Crippen LogP) is 4.79. The lowest BCUT2D eigenvalue weighted by molar-refractivity contribution is -0.384. The van der Waals surface area contributed by atoms with Crippen LogP contribution in [0.5, 0.6) is 5.75 Å². The summed E-state index contributed by atoms with van der Waals surface area (Å²) < 4.78 is 7.10. The third kappa shape index (κ3) is 4.16. The number of hydrogen-bond donors (Lipinski definition) is 2. The number of carbonyl (C=O) groups is 1. The number of rotatable bonds is 6. The second kappa shape index (κ2) is 9.34. The number of aromatic nitrogens is 3. The summed E-state index contributed by atoms with van der Waals surface area (Å²) in [6.45, 7) is 1.79. The van der Waals surface area contributed by atoms with Crippen molar-refractivity contribution in [3.05, 3.63) is 106 Å². The molecule has 1 aromatic heterocycles. The highest BCUT2D eigenvalue weighted by Crippen LogP contribution is 2.38. The summed E-state index contributed by atoms with van der Waals surface area (Å²) in [6.07, 6.45) is 0. The number of hydrogen-bond acceptors (Lipinski definition) is 7. The highest BCUT2D eigenvalue weighted by atomic mass is 16.6. The second-order valence-electron chi connectivity index (χ2n) is 8.14. The number of non-ortho nitro benzene ring substituents is 1. The van der Waals surface area contributed by atoms with Gasteiger partial charge in [-0.05, 0) is 48.9 Å². The minimum Gasteiger partial charge on any atom is -0.496 e. The summed E-state index contributed by atoms with van der Waals surface area (Å²) in [5.74, 6) is 1.14. The predicted molar refractivity (Wildman–Crippen MR) is 135 cm³/mol. The Bertz CT molecular complexity index is 1480. The molecule has 10 nitrogen and oxygen atoms in total. The Balaban J connectivity index is 1.62. The summed E-state index contributed by atoms with van der Waals surface area (Å²) in [7, 11) is 1.57. The number of amides is 1. The van der Waals surface area contributed by atoms with Gasteiger partial charge in [0.05, 0.1) is 23.2 Å². The van der Waals surface area contributed by atoms with Gasteiger partial charge < -0.3 is 15.4 Å². The van der Waals surface area contributed by atoms with Crippen LogP contribution in [-0.2, 0) is 4.79 Å². The Morgan fingerprint density at radius 2 is 1.75 bits per heavy atom. The highest BCUT2D eigenvalue weighted by molar-refractivity contribution is 6.06. The van der Waals surface area contributed by atoms with E-state index in [0.717, 1.165) is 0 Å². The standard InChI is InChI=1S/C26H22N6O4/c1-16-22(25(33)28-18-8-4-3-5-9-18)23(17-12-14-19(15-13-17)32(34)35)31-26(27-16)29-24(30-31)20-10-6-7-11-21(20)36-2/h3-15,23H,1-2H3,(H,28,33)(H,27,29,30). The number of methoxy groups -OCH3 is 1. The molecular weight excluding hydrogens is 460 g/mol. The Morgan fingerprint density at radius 1 is 1.06 bits per heavy atom. The number of benzene rings is 3. The Morgan fingerprint density at radius 3 is 2.44 bits per heavy atom. The fraction of sp³-hybridized carbons (Fsp3) is 0.115. The van der Waals surface area contributed by atoms with Gasteiger partial charge in [0.25, 0.3) is 11.6 Å². The number of allylic oxidation sites excluding steroid dienone is 1. The van der Waals surface area contributed by atoms with Crippen molar-refractivity contribution < 1.29 is 14.5 Å². The van der Waals surface area contributed by atoms with Gasteiger partial charge in [0.1, 0.15) is 11.8 Å². The van der Waals surface area contributed by atoms with Crippen LogP contribution in [0, 0.1) is 10.1 Å². The number of fused-ring (bicyclic) bond motifs is 1. The van der Waals surface area contributed by atoms with Crippen molar-refractivity contribution in [2.45, 2.75) is 13.0 Å². The first-order valence-electron chi connectivity index (χ1n) is 11.1. The van der Waals surface area contributed by atoms with E-state index in [1.165, 1.54) is 12.1 Å². The van der Waals surface area contributed by atoms with Crippen molar-refractivity contribution in [3.8, 4) is 17.1 Å². The number of nitrogens with zero attached hydrogens (tertiary/aromatic N) is 4. The van der Waals surface area contributed by atoms with Crippen LogP contribution in [-0.4, -0.2) is 32.7 Å². The van der Waals surface area contributed by atoms with Gasteiger partial charge in [-0.25, -0.2) is 4.68 Å². The molecule has 0 radical (unpaired) electrons. The quantitative estimate of drug-likeness (QED) is 0.299. The van der Waals surface area contributed by atoms with E-state index in [1.54, 1.807) is 43.0 Å². The van der Waals surface area contributed by atoms with E-state index in [4.69, 9.17) is 9.84 Å². The third-order valence-electron chi connectivity index (χ3n) is 5.90. The minimum absolute atomic E-state index is 0.0443. The molecule has 1 amide bonds. The Kier molecular flexibility index (Phi) is 5.91. The average molecular weight is 483 g/mol. The van der Waals surface area contributed by atoms with Crippen LogP contribution in [0.25, 0.3) is 11.4 Å². The molecule has 1 unspecified atom stereocenters. The van der Waals surface area contributed by atoms with Crippen molar-refractivity contribution >= 4 is 23.2 Å². The largest absolute Gasteiger partial charge is 0.496 e. The molecule has 1 atom stereocenters. The smallest absolute Gasteiger partial charge is 0.269 e. The molecule has 0 fully saturated rings. The minimum atomic E-state index is -0.679. The zero-order chi connectivity index (χ0) is 25.2. The summed E-state index contributed by atoms with van der Waals surface area (Å²) in [6, 6.07) is 21.9. The summed E-state index contributed by atoms with van der Waals surface area (Å²) in [5.41, 5.74) is 2.95. The Hall–Kier alpha value is -4.99. The summed E-state index contributed by atoms with van der Waals surface area (Å²) in [5, 5.41) is 22.1. The molecule has 0 saturated heterocycles. The first-order valence-corrected chi connectivity index (χ1v) is 11.1. The van der Waals surface area contributed by atoms with Crippen LogP contribution >= 0.6 is 0 Å². The lowest BCUT2D eigenvalue weighted by Gasteiger charge is -2.28. The van der Waals surface area contributed by atoms with Gasteiger partial charge >= 0.3 is 0 Å². The van der Waals surface area contributed by atoms with Gasteiger partial charge in [0, 0.05) is 23.5 Å². The van der Waals surface area contributed by atoms with E-state index in [0.29, 0.717) is 45.6 Å². The van der Waals surface area contributed by atoms with Crippen LogP contribution in [0.15, 0.2) is 90.1 Å². The topological polar surface area (TPSA) is 124 Å². The van der Waals surface area contributed by atoms with Gasteiger partial charge in [-0.3, -0.25) is 14.9 Å². The molecule has 2 N–H and O–H groups in total. The van der Waals surface area contributed by atoms with E-state index in [9.17, 15) is 14.9 Å². The normalized spacial score (nSPS) is 14.6. The van der Waals surface area contributed by atoms with Gasteiger partial charge in [-0.15, -0.1) is 5.10 Å². The molecule has 1 aliphatic heterocycles. The summed E-state index contributed by atoms with van der Waals surface area (Å²) >= 11 is 0. The summed E-state index contributed by atoms with van der Waals surface area (Å²) in [4.78, 5) is 28.9. The second-order valence-corrected chi connectivity index (χ2v) is 8.14. The van der Waals surface area contributed by atoms with Crippen LogP contribution < -0.4 is 15.4 Å². The average Bonchev–Trinajstić information content (AvgIpc) is 3.31. The van der Waals surface area contributed by atoms with Gasteiger partial charge in [0.15, 0.2) is 5.82 Å². The fourth-order valence-corrected chi connectivity index (χ4v) is 4.20. The molecule has 4 aromatic rings. The maximum absolute atomic E-state index is 13.5. The first-order chi connectivity index (χ1) is 17.5. The molecule has 0 spiro atoms. The van der Waals surface area contributed by atoms with E-state index in [1.807, 2.05) is 42.5 Å². The molecule has 2 heterocycles. The molecule has 0 saturated carbocycles. The van der Waals surface area contributed by atoms with Crippen LogP contribution in [0.4, 0.5) is 17.3 Å². The van der Waals surface area contributed by atoms with Crippen molar-refractivity contribution in [1.82, 2.24) is 14.8 Å². The van der Waals surface area contributed by atoms with Crippen molar-refractivity contribution in [2.75, 3.05) is 17.7 Å². The molecule has 0 bridgehead atoms. The van der Waals surface area contributed by atoms with E-state index in [2.05, 4.69) is 15.6 Å². The first kappa shape index (κ1) is 22.8. The molecule has 3 aromatic carbocycles. The van der Waals surface area contributed by atoms with E-state index in [-0.39, 0.29) is 11.6 Å². The van der Waals surface area contributed by atoms with Crippen molar-refractivity contribution in [1.29, 1.82) is 0 Å². The molecule has 36 heavy (non-hydrogen) atoms. The van der Waals surface area contributed by atoms with Gasteiger partial charge in [0.2, 0.25) is 5.95 Å². The van der Waals surface area contributed by atoms with Crippen molar-refractivity contribution in [3.63, 3.8) is 0 Å². The van der Waals surface area contributed by atoms with Crippen LogP contribution in [0.2, 0.25) is 0 Å².